The lowest BCUT2D eigenvalue weighted by atomic mass is 9.80. The van der Waals surface area contributed by atoms with E-state index in [1.165, 1.54) is 0 Å². The van der Waals surface area contributed by atoms with E-state index in [1.54, 1.807) is 18.2 Å². The number of hydrogen-bond acceptors (Lipinski definition) is 4. The third kappa shape index (κ3) is 4.67. The zero-order valence-electron chi connectivity index (χ0n) is 16.0. The number of para-hydroxylation sites is 1. The van der Waals surface area contributed by atoms with Crippen LogP contribution in [0.2, 0.25) is 0 Å². The smallest absolute Gasteiger partial charge is 0.227 e. The molecular weight excluding hydrogens is 340 g/mol. The van der Waals surface area contributed by atoms with Crippen LogP contribution >= 0.6 is 0 Å². The van der Waals surface area contributed by atoms with Gasteiger partial charge in [-0.15, -0.1) is 0 Å². The first-order valence-corrected chi connectivity index (χ1v) is 9.93. The van der Waals surface area contributed by atoms with E-state index in [9.17, 15) is 9.59 Å². The summed E-state index contributed by atoms with van der Waals surface area (Å²) in [5, 5.41) is 12.0. The van der Waals surface area contributed by atoms with Crippen molar-refractivity contribution in [1.82, 2.24) is 9.80 Å². The number of likely N-dealkylation sites (N-methyl/N-ethyl adjacent to an activating group) is 1. The lowest BCUT2D eigenvalue weighted by Crippen LogP contribution is -2.50. The summed E-state index contributed by atoms with van der Waals surface area (Å²) in [6.45, 7) is 6.74. The van der Waals surface area contributed by atoms with Crippen LogP contribution in [0.15, 0.2) is 24.3 Å². The number of carbonyl (C=O) groups is 2. The summed E-state index contributed by atoms with van der Waals surface area (Å²) < 4.78 is 0. The Kier molecular flexibility index (Phi) is 6.46. The zero-order valence-corrected chi connectivity index (χ0v) is 16.0. The fourth-order valence-corrected chi connectivity index (χ4v) is 4.07. The first kappa shape index (κ1) is 19.4. The van der Waals surface area contributed by atoms with E-state index >= 15 is 0 Å². The topological polar surface area (TPSA) is 76.4 Å². The Bertz CT molecular complexity index is 711. The number of nitrogens with zero attached hydrogens (tertiary/aromatic N) is 3. The minimum absolute atomic E-state index is 0.0415. The molecule has 2 amide bonds. The third-order valence-electron chi connectivity index (χ3n) is 5.88. The highest BCUT2D eigenvalue weighted by Crippen LogP contribution is 2.31. The minimum Gasteiger partial charge on any atom is -0.340 e. The molecule has 0 radical (unpaired) electrons. The second-order valence-corrected chi connectivity index (χ2v) is 7.45. The molecule has 1 aromatic rings. The molecule has 0 spiro atoms. The molecule has 6 nitrogen and oxygen atoms in total. The molecule has 0 atom stereocenters. The molecule has 1 saturated heterocycles. The SMILES string of the molecule is CCN1CCN(C(=O)C2CCC(C(=O)Nc3ccccc3C#N)CC2)CC1. The summed E-state index contributed by atoms with van der Waals surface area (Å²) in [5.74, 6) is 0.186. The molecule has 2 aliphatic rings. The Morgan fingerprint density at radius 1 is 1.07 bits per heavy atom. The van der Waals surface area contributed by atoms with Gasteiger partial charge in [-0.25, -0.2) is 0 Å². The van der Waals surface area contributed by atoms with E-state index in [2.05, 4.69) is 23.2 Å². The average molecular weight is 368 g/mol. The summed E-state index contributed by atoms with van der Waals surface area (Å²) >= 11 is 0. The molecule has 2 fully saturated rings. The lowest BCUT2D eigenvalue weighted by Gasteiger charge is -2.37. The fraction of sp³-hybridized carbons (Fsp3) is 0.571. The molecule has 0 unspecified atom stereocenters. The first-order chi connectivity index (χ1) is 13.1. The Hall–Kier alpha value is -2.39. The quantitative estimate of drug-likeness (QED) is 0.886. The number of amides is 2. The average Bonchev–Trinajstić information content (AvgIpc) is 2.73. The fourth-order valence-electron chi connectivity index (χ4n) is 4.07. The molecule has 144 valence electrons. The summed E-state index contributed by atoms with van der Waals surface area (Å²) in [7, 11) is 0. The van der Waals surface area contributed by atoms with Gasteiger partial charge in [-0.2, -0.15) is 5.26 Å². The van der Waals surface area contributed by atoms with Crippen molar-refractivity contribution >= 4 is 17.5 Å². The van der Waals surface area contributed by atoms with Crippen LogP contribution in [0.3, 0.4) is 0 Å². The van der Waals surface area contributed by atoms with Gasteiger partial charge in [0, 0.05) is 38.0 Å². The number of piperazine rings is 1. The molecule has 1 aromatic carbocycles. The van der Waals surface area contributed by atoms with Crippen molar-refractivity contribution < 1.29 is 9.59 Å². The van der Waals surface area contributed by atoms with Crippen molar-refractivity contribution in [3.8, 4) is 6.07 Å². The van der Waals surface area contributed by atoms with E-state index in [0.29, 0.717) is 11.3 Å². The van der Waals surface area contributed by atoms with Crippen molar-refractivity contribution in [2.24, 2.45) is 11.8 Å². The number of nitrogens with one attached hydrogen (secondary N) is 1. The van der Waals surface area contributed by atoms with Gasteiger partial charge >= 0.3 is 0 Å². The molecule has 0 bridgehead atoms. The molecule has 1 heterocycles. The Morgan fingerprint density at radius 2 is 1.70 bits per heavy atom. The van der Waals surface area contributed by atoms with Crippen molar-refractivity contribution in [2.45, 2.75) is 32.6 Å². The maximum Gasteiger partial charge on any atom is 0.227 e. The van der Waals surface area contributed by atoms with Gasteiger partial charge in [0.2, 0.25) is 11.8 Å². The summed E-state index contributed by atoms with van der Waals surface area (Å²) in [5.41, 5.74) is 1.04. The number of nitriles is 1. The van der Waals surface area contributed by atoms with Gasteiger partial charge in [-0.1, -0.05) is 19.1 Å². The number of anilines is 1. The number of benzene rings is 1. The monoisotopic (exact) mass is 368 g/mol. The van der Waals surface area contributed by atoms with Gasteiger partial charge in [0.1, 0.15) is 6.07 Å². The molecule has 0 aromatic heterocycles. The standard InChI is InChI=1S/C21H28N4O2/c1-2-24-11-13-25(14-12-24)21(27)17-9-7-16(8-10-17)20(26)23-19-6-4-3-5-18(19)15-22/h3-6,16-17H,2,7-14H2,1H3,(H,23,26). The molecule has 6 heteroatoms. The second-order valence-electron chi connectivity index (χ2n) is 7.45. The molecule has 1 aliphatic heterocycles. The lowest BCUT2D eigenvalue weighted by molar-refractivity contribution is -0.139. The van der Waals surface area contributed by atoms with Crippen LogP contribution in [-0.2, 0) is 9.59 Å². The molecular formula is C21H28N4O2. The summed E-state index contributed by atoms with van der Waals surface area (Å²) in [6, 6.07) is 9.14. The van der Waals surface area contributed by atoms with Crippen LogP contribution in [0.4, 0.5) is 5.69 Å². The summed E-state index contributed by atoms with van der Waals surface area (Å²) in [6.07, 6.45) is 2.99. The van der Waals surface area contributed by atoms with Gasteiger partial charge in [0.15, 0.2) is 0 Å². The second kappa shape index (κ2) is 9.01. The van der Waals surface area contributed by atoms with Crippen LogP contribution in [0.25, 0.3) is 0 Å². The maximum absolute atomic E-state index is 12.8. The van der Waals surface area contributed by atoms with Gasteiger partial charge in [-0.3, -0.25) is 9.59 Å². The van der Waals surface area contributed by atoms with Crippen LogP contribution in [0.1, 0.15) is 38.2 Å². The maximum atomic E-state index is 12.8. The van der Waals surface area contributed by atoms with Gasteiger partial charge in [0.05, 0.1) is 11.3 Å². The van der Waals surface area contributed by atoms with Crippen molar-refractivity contribution in [2.75, 3.05) is 38.0 Å². The molecule has 1 N–H and O–H groups in total. The van der Waals surface area contributed by atoms with Gasteiger partial charge < -0.3 is 15.1 Å². The predicted molar refractivity (Wildman–Crippen MR) is 104 cm³/mol. The highest BCUT2D eigenvalue weighted by atomic mass is 16.2. The highest BCUT2D eigenvalue weighted by molar-refractivity contribution is 5.94. The van der Waals surface area contributed by atoms with E-state index in [4.69, 9.17) is 5.26 Å². The molecule has 3 rings (SSSR count). The number of rotatable bonds is 4. The molecule has 1 saturated carbocycles. The third-order valence-corrected chi connectivity index (χ3v) is 5.88. The van der Waals surface area contributed by atoms with Crippen LogP contribution in [0, 0.1) is 23.2 Å². The van der Waals surface area contributed by atoms with Crippen LogP contribution in [-0.4, -0.2) is 54.3 Å². The van der Waals surface area contributed by atoms with E-state index in [-0.39, 0.29) is 23.7 Å². The largest absolute Gasteiger partial charge is 0.340 e. The summed E-state index contributed by atoms with van der Waals surface area (Å²) in [4.78, 5) is 29.7. The Labute approximate surface area is 161 Å². The Balaban J connectivity index is 1.49. The van der Waals surface area contributed by atoms with Gasteiger partial charge in [-0.05, 0) is 44.4 Å². The molecule has 27 heavy (non-hydrogen) atoms. The number of hydrogen-bond donors (Lipinski definition) is 1. The predicted octanol–water partition coefficient (Wildman–Crippen LogP) is 2.47. The van der Waals surface area contributed by atoms with Crippen molar-refractivity contribution in [1.29, 1.82) is 5.26 Å². The van der Waals surface area contributed by atoms with Crippen molar-refractivity contribution in [3.63, 3.8) is 0 Å². The highest BCUT2D eigenvalue weighted by Gasteiger charge is 2.33. The Morgan fingerprint density at radius 3 is 2.33 bits per heavy atom. The van der Waals surface area contributed by atoms with E-state index in [0.717, 1.165) is 58.4 Å². The molecule has 1 aliphatic carbocycles. The normalized spacial score (nSPS) is 23.5. The van der Waals surface area contributed by atoms with E-state index < -0.39 is 0 Å². The van der Waals surface area contributed by atoms with Gasteiger partial charge in [0.25, 0.3) is 0 Å². The minimum atomic E-state index is -0.0854. The first-order valence-electron chi connectivity index (χ1n) is 9.93. The number of carbonyl (C=O) groups excluding carboxylic acids is 2. The van der Waals surface area contributed by atoms with Crippen LogP contribution in [0.5, 0.6) is 0 Å². The van der Waals surface area contributed by atoms with Crippen LogP contribution < -0.4 is 5.32 Å². The van der Waals surface area contributed by atoms with E-state index in [1.807, 2.05) is 11.0 Å². The van der Waals surface area contributed by atoms with Crippen molar-refractivity contribution in [3.05, 3.63) is 29.8 Å². The zero-order chi connectivity index (χ0) is 19.2.